The van der Waals surface area contributed by atoms with Gasteiger partial charge in [-0.05, 0) is 25.7 Å². The van der Waals surface area contributed by atoms with E-state index in [2.05, 4.69) is 23.4 Å². The van der Waals surface area contributed by atoms with Crippen molar-refractivity contribution in [2.45, 2.75) is 65.3 Å². The third-order valence-electron chi connectivity index (χ3n) is 4.53. The normalized spacial score (nSPS) is 22.2. The topological polar surface area (TPSA) is 70.1 Å². The summed E-state index contributed by atoms with van der Waals surface area (Å²) in [7, 11) is 0. The Bertz CT molecular complexity index is 496. The molecule has 2 rings (SSSR count). The first-order chi connectivity index (χ1) is 10.1. The summed E-state index contributed by atoms with van der Waals surface area (Å²) in [6.07, 6.45) is 6.77. The molecule has 5 heteroatoms. The number of carbonyl (C=O) groups is 1. The molecule has 1 saturated carbocycles. The molecule has 1 aliphatic rings. The lowest BCUT2D eigenvalue weighted by molar-refractivity contribution is 0.0521. The van der Waals surface area contributed by atoms with Gasteiger partial charge in [-0.3, -0.25) is 0 Å². The lowest BCUT2D eigenvalue weighted by atomic mass is 9.82. The maximum Gasteiger partial charge on any atom is 0.360 e. The second-order valence-electron chi connectivity index (χ2n) is 5.73. The Morgan fingerprint density at radius 3 is 2.67 bits per heavy atom. The van der Waals surface area contributed by atoms with E-state index in [0.29, 0.717) is 24.4 Å². The quantitative estimate of drug-likeness (QED) is 0.845. The van der Waals surface area contributed by atoms with Crippen molar-refractivity contribution in [1.29, 1.82) is 0 Å². The van der Waals surface area contributed by atoms with E-state index >= 15 is 0 Å². The van der Waals surface area contributed by atoms with Gasteiger partial charge in [-0.25, -0.2) is 9.78 Å². The molecule has 0 amide bonds. The van der Waals surface area contributed by atoms with Gasteiger partial charge in [0.1, 0.15) is 11.6 Å². The Balaban J connectivity index is 2.39. The van der Waals surface area contributed by atoms with Crippen molar-refractivity contribution in [3.8, 4) is 0 Å². The fourth-order valence-corrected chi connectivity index (χ4v) is 3.47. The molecule has 2 atom stereocenters. The summed E-state index contributed by atoms with van der Waals surface area (Å²) in [5, 5.41) is 0. The van der Waals surface area contributed by atoms with Gasteiger partial charge in [0.25, 0.3) is 0 Å². The highest BCUT2D eigenvalue weighted by atomic mass is 16.5. The smallest absolute Gasteiger partial charge is 0.360 e. The molecule has 2 N–H and O–H groups in total. The number of rotatable bonds is 5. The van der Waals surface area contributed by atoms with Crippen LogP contribution in [0.15, 0.2) is 0 Å². The van der Waals surface area contributed by atoms with Gasteiger partial charge in [0.15, 0.2) is 5.69 Å². The minimum absolute atomic E-state index is 0.286. The molecule has 21 heavy (non-hydrogen) atoms. The van der Waals surface area contributed by atoms with Crippen molar-refractivity contribution >= 4 is 11.8 Å². The summed E-state index contributed by atoms with van der Waals surface area (Å²) < 4.78 is 7.18. The number of aryl methyl sites for hydroxylation is 1. The van der Waals surface area contributed by atoms with Gasteiger partial charge < -0.3 is 15.0 Å². The molecule has 0 aliphatic heterocycles. The largest absolute Gasteiger partial charge is 0.461 e. The average Bonchev–Trinajstić information content (AvgIpc) is 2.84. The molecular formula is C16H27N3O2. The molecule has 1 aliphatic carbocycles. The third kappa shape index (κ3) is 3.06. The number of hydrogen-bond acceptors (Lipinski definition) is 4. The molecule has 118 valence electrons. The number of ether oxygens (including phenoxy) is 1. The van der Waals surface area contributed by atoms with E-state index < -0.39 is 5.97 Å². The molecule has 1 aromatic heterocycles. The fourth-order valence-electron chi connectivity index (χ4n) is 3.47. The molecule has 0 aromatic carbocycles. The lowest BCUT2D eigenvalue weighted by Gasteiger charge is -2.33. The maximum atomic E-state index is 12.0. The Morgan fingerprint density at radius 2 is 2.05 bits per heavy atom. The van der Waals surface area contributed by atoms with Crippen molar-refractivity contribution in [2.24, 2.45) is 5.92 Å². The van der Waals surface area contributed by atoms with Gasteiger partial charge in [0, 0.05) is 12.5 Å². The molecule has 0 saturated heterocycles. The highest BCUT2D eigenvalue weighted by molar-refractivity contribution is 5.92. The Labute approximate surface area is 126 Å². The zero-order valence-corrected chi connectivity index (χ0v) is 13.4. The van der Waals surface area contributed by atoms with Crippen molar-refractivity contribution in [1.82, 2.24) is 9.55 Å². The number of nitrogen functional groups attached to an aromatic ring is 1. The molecule has 0 bridgehead atoms. The van der Waals surface area contributed by atoms with E-state index in [-0.39, 0.29) is 5.69 Å². The standard InChI is InChI=1S/C16H27N3O2/c1-4-11-9-7-8-10-12(11)19-13(5-2)18-14(15(19)17)16(20)21-6-3/h11-12H,4-10,17H2,1-3H3. The summed E-state index contributed by atoms with van der Waals surface area (Å²) in [4.78, 5) is 16.5. The first kappa shape index (κ1) is 15.9. The fraction of sp³-hybridized carbons (Fsp3) is 0.750. The van der Waals surface area contributed by atoms with Gasteiger partial charge >= 0.3 is 5.97 Å². The molecular weight excluding hydrogens is 266 g/mol. The van der Waals surface area contributed by atoms with Gasteiger partial charge in [0.2, 0.25) is 0 Å². The van der Waals surface area contributed by atoms with E-state index in [0.717, 1.165) is 25.1 Å². The minimum atomic E-state index is -0.410. The van der Waals surface area contributed by atoms with Crippen LogP contribution in [0.4, 0.5) is 5.82 Å². The maximum absolute atomic E-state index is 12.0. The van der Waals surface area contributed by atoms with Gasteiger partial charge in [-0.15, -0.1) is 0 Å². The number of nitrogens with two attached hydrogens (primary N) is 1. The first-order valence-corrected chi connectivity index (χ1v) is 8.17. The second kappa shape index (κ2) is 6.96. The van der Waals surface area contributed by atoms with Crippen LogP contribution in [-0.2, 0) is 11.2 Å². The summed E-state index contributed by atoms with van der Waals surface area (Å²) in [5.74, 6) is 1.60. The van der Waals surface area contributed by atoms with Crippen LogP contribution in [0.2, 0.25) is 0 Å². The van der Waals surface area contributed by atoms with Gasteiger partial charge in [-0.1, -0.05) is 33.1 Å². The number of carbonyl (C=O) groups excluding carboxylic acids is 1. The van der Waals surface area contributed by atoms with Gasteiger partial charge in [0.05, 0.1) is 6.61 Å². The van der Waals surface area contributed by atoms with Crippen LogP contribution in [0.5, 0.6) is 0 Å². The van der Waals surface area contributed by atoms with E-state index in [1.54, 1.807) is 6.92 Å². The first-order valence-electron chi connectivity index (χ1n) is 8.17. The molecule has 1 fully saturated rings. The number of nitrogens with zero attached hydrogens (tertiary/aromatic N) is 2. The summed E-state index contributed by atoms with van der Waals surface area (Å²) in [6, 6.07) is 0.370. The molecule has 1 aromatic rings. The number of aromatic nitrogens is 2. The predicted octanol–water partition coefficient (Wildman–Crippen LogP) is 3.35. The van der Waals surface area contributed by atoms with Crippen LogP contribution in [0, 0.1) is 5.92 Å². The Morgan fingerprint density at radius 1 is 1.33 bits per heavy atom. The van der Waals surface area contributed by atoms with E-state index in [1.807, 2.05) is 0 Å². The third-order valence-corrected chi connectivity index (χ3v) is 4.53. The summed E-state index contributed by atoms with van der Waals surface area (Å²) in [5.41, 5.74) is 6.54. The van der Waals surface area contributed by atoms with Crippen molar-refractivity contribution < 1.29 is 9.53 Å². The summed E-state index contributed by atoms with van der Waals surface area (Å²) >= 11 is 0. The lowest BCUT2D eigenvalue weighted by Crippen LogP contribution is -2.25. The van der Waals surface area contributed by atoms with E-state index in [4.69, 9.17) is 10.5 Å². The van der Waals surface area contributed by atoms with Crippen LogP contribution in [0.25, 0.3) is 0 Å². The SMILES string of the molecule is CCOC(=O)c1nc(CC)n(C2CCCCC2CC)c1N. The number of imidazole rings is 1. The summed E-state index contributed by atoms with van der Waals surface area (Å²) in [6.45, 7) is 6.42. The molecule has 0 radical (unpaired) electrons. The number of anilines is 1. The second-order valence-corrected chi connectivity index (χ2v) is 5.73. The van der Waals surface area contributed by atoms with Crippen LogP contribution >= 0.6 is 0 Å². The highest BCUT2D eigenvalue weighted by Crippen LogP contribution is 2.38. The predicted molar refractivity (Wildman–Crippen MR) is 83.3 cm³/mol. The Hall–Kier alpha value is -1.52. The molecule has 0 spiro atoms. The van der Waals surface area contributed by atoms with Crippen LogP contribution in [0.3, 0.4) is 0 Å². The monoisotopic (exact) mass is 293 g/mol. The van der Waals surface area contributed by atoms with Crippen LogP contribution in [-0.4, -0.2) is 22.1 Å². The number of hydrogen-bond donors (Lipinski definition) is 1. The zero-order chi connectivity index (χ0) is 15.4. The van der Waals surface area contributed by atoms with Crippen molar-refractivity contribution in [2.75, 3.05) is 12.3 Å². The van der Waals surface area contributed by atoms with Crippen molar-refractivity contribution in [3.05, 3.63) is 11.5 Å². The highest BCUT2D eigenvalue weighted by Gasteiger charge is 2.31. The molecule has 1 heterocycles. The number of esters is 1. The zero-order valence-electron chi connectivity index (χ0n) is 13.4. The van der Waals surface area contributed by atoms with Crippen LogP contribution < -0.4 is 5.73 Å². The molecule has 5 nitrogen and oxygen atoms in total. The van der Waals surface area contributed by atoms with Crippen molar-refractivity contribution in [3.63, 3.8) is 0 Å². The van der Waals surface area contributed by atoms with E-state index in [1.165, 1.54) is 19.3 Å². The minimum Gasteiger partial charge on any atom is -0.461 e. The van der Waals surface area contributed by atoms with E-state index in [9.17, 15) is 4.79 Å². The van der Waals surface area contributed by atoms with Gasteiger partial charge in [-0.2, -0.15) is 0 Å². The Kier molecular flexibility index (Phi) is 5.26. The molecule has 2 unspecified atom stereocenters. The average molecular weight is 293 g/mol. The van der Waals surface area contributed by atoms with Crippen LogP contribution in [0.1, 0.15) is 75.2 Å².